The lowest BCUT2D eigenvalue weighted by atomic mass is 10.2. The second-order valence-corrected chi connectivity index (χ2v) is 4.09. The van der Waals surface area contributed by atoms with Crippen LogP contribution in [0.4, 0.5) is 4.39 Å². The molecule has 0 fully saturated rings. The van der Waals surface area contributed by atoms with Crippen LogP contribution in [0.5, 0.6) is 5.75 Å². The molecule has 0 atom stereocenters. The lowest BCUT2D eigenvalue weighted by Gasteiger charge is -2.08. The van der Waals surface area contributed by atoms with Crippen molar-refractivity contribution in [2.75, 3.05) is 7.05 Å². The van der Waals surface area contributed by atoms with Crippen molar-refractivity contribution in [2.24, 2.45) is 0 Å². The van der Waals surface area contributed by atoms with E-state index in [1.165, 1.54) is 17.7 Å². The lowest BCUT2D eigenvalue weighted by Crippen LogP contribution is -2.05. The van der Waals surface area contributed by atoms with Crippen LogP contribution in [0.25, 0.3) is 0 Å². The Morgan fingerprint density at radius 3 is 2.56 bits per heavy atom. The van der Waals surface area contributed by atoms with Crippen LogP contribution in [0.15, 0.2) is 48.5 Å². The SMILES string of the molecule is CNCc1cccc(OCc2ccc(F)cc2)c1. The maximum atomic E-state index is 12.7. The molecule has 0 aliphatic heterocycles. The number of benzene rings is 2. The Balaban J connectivity index is 1.97. The van der Waals surface area contributed by atoms with Crippen LogP contribution in [0.2, 0.25) is 0 Å². The van der Waals surface area contributed by atoms with Crippen LogP contribution >= 0.6 is 0 Å². The predicted molar refractivity (Wildman–Crippen MR) is 69.9 cm³/mol. The largest absolute Gasteiger partial charge is 0.489 e. The second-order valence-electron chi connectivity index (χ2n) is 4.09. The van der Waals surface area contributed by atoms with Gasteiger partial charge in [0.1, 0.15) is 18.2 Å². The number of halogens is 1. The third kappa shape index (κ3) is 3.57. The average Bonchev–Trinajstić information content (AvgIpc) is 2.39. The fourth-order valence-electron chi connectivity index (χ4n) is 1.70. The van der Waals surface area contributed by atoms with Gasteiger partial charge in [-0.2, -0.15) is 0 Å². The molecular formula is C15H16FNO. The first-order chi connectivity index (χ1) is 8.78. The van der Waals surface area contributed by atoms with Gasteiger partial charge in [0.15, 0.2) is 0 Å². The third-order valence-electron chi connectivity index (χ3n) is 2.60. The second kappa shape index (κ2) is 6.17. The molecule has 0 saturated heterocycles. The zero-order valence-corrected chi connectivity index (χ0v) is 10.3. The smallest absolute Gasteiger partial charge is 0.123 e. The van der Waals surface area contributed by atoms with Gasteiger partial charge in [0, 0.05) is 6.54 Å². The van der Waals surface area contributed by atoms with Crippen molar-refractivity contribution < 1.29 is 9.13 Å². The van der Waals surface area contributed by atoms with E-state index in [1.807, 2.05) is 31.3 Å². The van der Waals surface area contributed by atoms with Gasteiger partial charge in [-0.3, -0.25) is 0 Å². The van der Waals surface area contributed by atoms with Gasteiger partial charge in [-0.05, 0) is 42.4 Å². The summed E-state index contributed by atoms with van der Waals surface area (Å²) in [5.74, 6) is 0.599. The average molecular weight is 245 g/mol. The van der Waals surface area contributed by atoms with Gasteiger partial charge in [0.05, 0.1) is 0 Å². The maximum absolute atomic E-state index is 12.7. The van der Waals surface area contributed by atoms with Crippen LogP contribution < -0.4 is 10.1 Å². The molecule has 1 N–H and O–H groups in total. The van der Waals surface area contributed by atoms with Gasteiger partial charge in [0.2, 0.25) is 0 Å². The van der Waals surface area contributed by atoms with E-state index in [2.05, 4.69) is 5.32 Å². The molecular weight excluding hydrogens is 229 g/mol. The van der Waals surface area contributed by atoms with Crippen LogP contribution in [-0.2, 0) is 13.2 Å². The number of hydrogen-bond acceptors (Lipinski definition) is 2. The van der Waals surface area contributed by atoms with Crippen molar-refractivity contribution in [3.8, 4) is 5.75 Å². The molecule has 0 spiro atoms. The summed E-state index contributed by atoms with van der Waals surface area (Å²) >= 11 is 0. The van der Waals surface area contributed by atoms with E-state index in [4.69, 9.17) is 4.74 Å². The van der Waals surface area contributed by atoms with Crippen molar-refractivity contribution in [3.05, 3.63) is 65.5 Å². The Morgan fingerprint density at radius 1 is 1.06 bits per heavy atom. The first-order valence-electron chi connectivity index (χ1n) is 5.89. The summed E-state index contributed by atoms with van der Waals surface area (Å²) < 4.78 is 18.4. The highest BCUT2D eigenvalue weighted by Gasteiger charge is 1.98. The van der Waals surface area contributed by atoms with Gasteiger partial charge >= 0.3 is 0 Å². The molecule has 18 heavy (non-hydrogen) atoms. The molecule has 0 saturated carbocycles. The van der Waals surface area contributed by atoms with E-state index in [0.29, 0.717) is 6.61 Å². The van der Waals surface area contributed by atoms with Gasteiger partial charge in [-0.25, -0.2) is 4.39 Å². The van der Waals surface area contributed by atoms with Gasteiger partial charge in [-0.15, -0.1) is 0 Å². The standard InChI is InChI=1S/C15H16FNO/c1-17-10-13-3-2-4-15(9-13)18-11-12-5-7-14(16)8-6-12/h2-9,17H,10-11H2,1H3. The fourth-order valence-corrected chi connectivity index (χ4v) is 1.70. The number of rotatable bonds is 5. The molecule has 0 aliphatic carbocycles. The molecule has 2 aromatic rings. The minimum Gasteiger partial charge on any atom is -0.489 e. The van der Waals surface area contributed by atoms with E-state index < -0.39 is 0 Å². The first kappa shape index (κ1) is 12.6. The molecule has 2 nitrogen and oxygen atoms in total. The van der Waals surface area contributed by atoms with Gasteiger partial charge < -0.3 is 10.1 Å². The van der Waals surface area contributed by atoms with Crippen molar-refractivity contribution in [1.29, 1.82) is 0 Å². The van der Waals surface area contributed by atoms with Crippen molar-refractivity contribution >= 4 is 0 Å². The predicted octanol–water partition coefficient (Wildman–Crippen LogP) is 3.12. The summed E-state index contributed by atoms with van der Waals surface area (Å²) in [6.07, 6.45) is 0. The molecule has 0 aromatic heterocycles. The maximum Gasteiger partial charge on any atom is 0.123 e. The summed E-state index contributed by atoms with van der Waals surface area (Å²) in [5, 5.41) is 3.09. The van der Waals surface area contributed by atoms with E-state index in [1.54, 1.807) is 12.1 Å². The van der Waals surface area contributed by atoms with Crippen molar-refractivity contribution in [1.82, 2.24) is 5.32 Å². The molecule has 2 rings (SSSR count). The number of ether oxygens (including phenoxy) is 1. The third-order valence-corrected chi connectivity index (χ3v) is 2.60. The monoisotopic (exact) mass is 245 g/mol. The molecule has 0 radical (unpaired) electrons. The Kier molecular flexibility index (Phi) is 4.31. The summed E-state index contributed by atoms with van der Waals surface area (Å²) in [6.45, 7) is 1.26. The minimum absolute atomic E-state index is 0.227. The summed E-state index contributed by atoms with van der Waals surface area (Å²) in [5.41, 5.74) is 2.13. The van der Waals surface area contributed by atoms with Crippen molar-refractivity contribution in [3.63, 3.8) is 0 Å². The Morgan fingerprint density at radius 2 is 1.83 bits per heavy atom. The van der Waals surface area contributed by atoms with E-state index >= 15 is 0 Å². The highest BCUT2D eigenvalue weighted by atomic mass is 19.1. The molecule has 2 aromatic carbocycles. The molecule has 0 unspecified atom stereocenters. The normalized spacial score (nSPS) is 10.3. The molecule has 0 bridgehead atoms. The Labute approximate surface area is 106 Å². The summed E-state index contributed by atoms with van der Waals surface area (Å²) in [7, 11) is 1.91. The van der Waals surface area contributed by atoms with Crippen LogP contribution in [0.1, 0.15) is 11.1 Å². The zero-order valence-electron chi connectivity index (χ0n) is 10.3. The van der Waals surface area contributed by atoms with Gasteiger partial charge in [-0.1, -0.05) is 24.3 Å². The number of nitrogens with one attached hydrogen (secondary N) is 1. The van der Waals surface area contributed by atoms with Crippen LogP contribution in [-0.4, -0.2) is 7.05 Å². The topological polar surface area (TPSA) is 21.3 Å². The Hall–Kier alpha value is -1.87. The molecule has 0 aliphatic rings. The molecule has 94 valence electrons. The fraction of sp³-hybridized carbons (Fsp3) is 0.200. The Bertz CT molecular complexity index is 496. The highest BCUT2D eigenvalue weighted by molar-refractivity contribution is 5.29. The quantitative estimate of drug-likeness (QED) is 0.873. The lowest BCUT2D eigenvalue weighted by molar-refractivity contribution is 0.305. The van der Waals surface area contributed by atoms with E-state index in [9.17, 15) is 4.39 Å². The first-order valence-corrected chi connectivity index (χ1v) is 5.89. The molecule has 0 amide bonds. The van der Waals surface area contributed by atoms with Gasteiger partial charge in [0.25, 0.3) is 0 Å². The zero-order chi connectivity index (χ0) is 12.8. The number of hydrogen-bond donors (Lipinski definition) is 1. The minimum atomic E-state index is -0.227. The van der Waals surface area contributed by atoms with E-state index in [0.717, 1.165) is 17.9 Å². The summed E-state index contributed by atoms with van der Waals surface area (Å²) in [4.78, 5) is 0. The van der Waals surface area contributed by atoms with E-state index in [-0.39, 0.29) is 5.82 Å². The molecule has 3 heteroatoms. The summed E-state index contributed by atoms with van der Waals surface area (Å²) in [6, 6.07) is 14.3. The van der Waals surface area contributed by atoms with Crippen LogP contribution in [0, 0.1) is 5.82 Å². The van der Waals surface area contributed by atoms with Crippen molar-refractivity contribution in [2.45, 2.75) is 13.2 Å². The molecule has 0 heterocycles. The highest BCUT2D eigenvalue weighted by Crippen LogP contribution is 2.15. The van der Waals surface area contributed by atoms with Crippen LogP contribution in [0.3, 0.4) is 0 Å².